The Bertz CT molecular complexity index is 1410. The quantitative estimate of drug-likeness (QED) is 0.458. The van der Waals surface area contributed by atoms with E-state index < -0.39 is 11.5 Å². The molecular weight excluding hydrogens is 457 g/mol. The van der Waals surface area contributed by atoms with Crippen LogP contribution in [0.15, 0.2) is 65.6 Å². The molecule has 2 aromatic heterocycles. The fourth-order valence-corrected chi connectivity index (χ4v) is 3.86. The molecule has 1 N–H and O–H groups in total. The summed E-state index contributed by atoms with van der Waals surface area (Å²) in [7, 11) is 0. The number of anilines is 1. The molecule has 34 heavy (non-hydrogen) atoms. The van der Waals surface area contributed by atoms with E-state index in [4.69, 9.17) is 16.3 Å². The average Bonchev–Trinajstić information content (AvgIpc) is 3.25. The number of aromatic amines is 1. The normalized spacial score (nSPS) is 13.4. The van der Waals surface area contributed by atoms with Gasteiger partial charge in [0.2, 0.25) is 0 Å². The Morgan fingerprint density at radius 2 is 1.74 bits per heavy atom. The molecule has 5 rings (SSSR count). The fourth-order valence-electron chi connectivity index (χ4n) is 3.61. The van der Waals surface area contributed by atoms with Crippen molar-refractivity contribution >= 4 is 17.4 Å². The second-order valence-corrected chi connectivity index (χ2v) is 8.00. The monoisotopic (exact) mass is 475 g/mol. The van der Waals surface area contributed by atoms with E-state index in [1.807, 2.05) is 12.1 Å². The molecule has 2 aromatic carbocycles. The molecule has 9 heteroatoms. The van der Waals surface area contributed by atoms with Crippen molar-refractivity contribution < 1.29 is 9.13 Å². The highest BCUT2D eigenvalue weighted by Gasteiger charge is 2.16. The van der Waals surface area contributed by atoms with E-state index in [0.29, 0.717) is 18.9 Å². The largest absolute Gasteiger partial charge is 0.378 e. The zero-order chi connectivity index (χ0) is 23.5. The van der Waals surface area contributed by atoms with Gasteiger partial charge in [-0.25, -0.2) is 14.2 Å². The summed E-state index contributed by atoms with van der Waals surface area (Å²) >= 11 is 6.09. The third kappa shape index (κ3) is 4.57. The maximum Gasteiger partial charge on any atom is 0.348 e. The molecular formula is C25H19ClFN5O2. The average molecular weight is 476 g/mol. The Hall–Kier alpha value is -3.93. The summed E-state index contributed by atoms with van der Waals surface area (Å²) in [5, 5.41) is 4.38. The highest BCUT2D eigenvalue weighted by Crippen LogP contribution is 2.27. The number of hydrogen-bond donors (Lipinski definition) is 1. The molecule has 0 bridgehead atoms. The van der Waals surface area contributed by atoms with Gasteiger partial charge < -0.3 is 9.64 Å². The Morgan fingerprint density at radius 3 is 2.44 bits per heavy atom. The number of pyridine rings is 1. The van der Waals surface area contributed by atoms with E-state index >= 15 is 0 Å². The number of rotatable bonds is 3. The minimum atomic E-state index is -0.563. The second kappa shape index (κ2) is 9.51. The zero-order valence-electron chi connectivity index (χ0n) is 18.0. The zero-order valence-corrected chi connectivity index (χ0v) is 18.7. The van der Waals surface area contributed by atoms with Gasteiger partial charge in [-0.05, 0) is 48.5 Å². The summed E-state index contributed by atoms with van der Waals surface area (Å²) in [6, 6.07) is 15.2. The molecule has 1 saturated heterocycles. The van der Waals surface area contributed by atoms with Crippen LogP contribution < -0.4 is 10.6 Å². The third-order valence-electron chi connectivity index (χ3n) is 5.36. The minimum Gasteiger partial charge on any atom is -0.378 e. The van der Waals surface area contributed by atoms with Gasteiger partial charge in [0, 0.05) is 30.4 Å². The number of aromatic nitrogens is 4. The van der Waals surface area contributed by atoms with Crippen LogP contribution >= 0.6 is 11.6 Å². The lowest BCUT2D eigenvalue weighted by atomic mass is 10.2. The minimum absolute atomic E-state index is 0.0516. The van der Waals surface area contributed by atoms with Crippen LogP contribution in [0.2, 0.25) is 5.02 Å². The predicted octanol–water partition coefficient (Wildman–Crippen LogP) is 3.65. The number of hydrogen-bond acceptors (Lipinski definition) is 5. The molecule has 0 amide bonds. The van der Waals surface area contributed by atoms with Crippen molar-refractivity contribution in [1.29, 1.82) is 0 Å². The molecule has 0 spiro atoms. The Balaban J connectivity index is 1.33. The van der Waals surface area contributed by atoms with Crippen LogP contribution in [0.4, 0.5) is 10.2 Å². The van der Waals surface area contributed by atoms with Crippen LogP contribution in [0.1, 0.15) is 11.1 Å². The molecule has 1 aliphatic heterocycles. The molecule has 0 unspecified atom stereocenters. The van der Waals surface area contributed by atoms with Gasteiger partial charge in [0.25, 0.3) is 0 Å². The van der Waals surface area contributed by atoms with Crippen LogP contribution in [0.25, 0.3) is 17.1 Å². The van der Waals surface area contributed by atoms with Gasteiger partial charge in [0.15, 0.2) is 5.82 Å². The van der Waals surface area contributed by atoms with Crippen molar-refractivity contribution in [2.24, 2.45) is 0 Å². The molecule has 3 heterocycles. The van der Waals surface area contributed by atoms with Gasteiger partial charge in [-0.15, -0.1) is 5.10 Å². The topological polar surface area (TPSA) is 76.0 Å². The maximum absolute atomic E-state index is 14.2. The lowest BCUT2D eigenvalue weighted by Crippen LogP contribution is -2.36. The number of H-pyrrole nitrogens is 1. The van der Waals surface area contributed by atoms with E-state index in [1.54, 1.807) is 30.5 Å². The van der Waals surface area contributed by atoms with Crippen LogP contribution in [0, 0.1) is 17.7 Å². The SMILES string of the molecule is O=c1[nH]c(-c2c(F)cccc2Cl)nn1-c1ccc(C#Cc2ccc(N3CCOCC3)nc2)cc1. The predicted molar refractivity (Wildman–Crippen MR) is 128 cm³/mol. The molecule has 1 aliphatic rings. The summed E-state index contributed by atoms with van der Waals surface area (Å²) in [5.41, 5.74) is 1.63. The summed E-state index contributed by atoms with van der Waals surface area (Å²) in [6.45, 7) is 3.08. The van der Waals surface area contributed by atoms with E-state index in [9.17, 15) is 9.18 Å². The van der Waals surface area contributed by atoms with Crippen molar-refractivity contribution in [3.05, 3.63) is 93.2 Å². The van der Waals surface area contributed by atoms with Gasteiger partial charge in [-0.1, -0.05) is 29.5 Å². The van der Waals surface area contributed by atoms with Crippen LogP contribution in [0.5, 0.6) is 0 Å². The maximum atomic E-state index is 14.2. The number of nitrogens with zero attached hydrogens (tertiary/aromatic N) is 4. The molecule has 4 aromatic rings. The lowest BCUT2D eigenvalue weighted by Gasteiger charge is -2.27. The number of morpholine rings is 1. The number of nitrogens with one attached hydrogen (secondary N) is 1. The number of halogens is 2. The summed E-state index contributed by atoms with van der Waals surface area (Å²) in [5.74, 6) is 6.60. The summed E-state index contributed by atoms with van der Waals surface area (Å²) in [6.07, 6.45) is 1.75. The van der Waals surface area contributed by atoms with E-state index in [0.717, 1.165) is 34.7 Å². The van der Waals surface area contributed by atoms with Crippen molar-refractivity contribution in [1.82, 2.24) is 19.7 Å². The van der Waals surface area contributed by atoms with Gasteiger partial charge >= 0.3 is 5.69 Å². The standard InChI is InChI=1S/C25H19ClFN5O2/c26-20-2-1-3-21(27)23(20)24-29-25(33)32(30-24)19-9-6-17(7-10-19)4-5-18-8-11-22(28-16-18)31-12-14-34-15-13-31/h1-3,6-11,16H,12-15H2,(H,29,30,33). The van der Waals surface area contributed by atoms with Crippen molar-refractivity contribution in [3.8, 4) is 28.9 Å². The van der Waals surface area contributed by atoms with Crippen LogP contribution in [0.3, 0.4) is 0 Å². The molecule has 0 radical (unpaired) electrons. The van der Waals surface area contributed by atoms with E-state index in [1.165, 1.54) is 18.2 Å². The molecule has 7 nitrogen and oxygen atoms in total. The van der Waals surface area contributed by atoms with E-state index in [-0.39, 0.29) is 16.4 Å². The molecule has 0 atom stereocenters. The first-order valence-corrected chi connectivity index (χ1v) is 11.0. The molecule has 1 fully saturated rings. The van der Waals surface area contributed by atoms with Gasteiger partial charge in [-0.3, -0.25) is 4.98 Å². The van der Waals surface area contributed by atoms with Crippen molar-refractivity contribution in [2.45, 2.75) is 0 Å². The van der Waals surface area contributed by atoms with Crippen molar-refractivity contribution in [3.63, 3.8) is 0 Å². The number of benzene rings is 2. The van der Waals surface area contributed by atoms with Crippen molar-refractivity contribution in [2.75, 3.05) is 31.2 Å². The first kappa shape index (κ1) is 21.9. The van der Waals surface area contributed by atoms with E-state index in [2.05, 4.69) is 31.8 Å². The molecule has 0 aliphatic carbocycles. The number of ether oxygens (including phenoxy) is 1. The smallest absolute Gasteiger partial charge is 0.348 e. The van der Waals surface area contributed by atoms with Gasteiger partial charge in [0.1, 0.15) is 11.6 Å². The Labute approximate surface area is 199 Å². The highest BCUT2D eigenvalue weighted by atomic mass is 35.5. The molecule has 0 saturated carbocycles. The van der Waals surface area contributed by atoms with Crippen LogP contribution in [-0.2, 0) is 4.74 Å². The summed E-state index contributed by atoms with van der Waals surface area (Å²) < 4.78 is 20.7. The first-order valence-electron chi connectivity index (χ1n) is 10.6. The highest BCUT2D eigenvalue weighted by molar-refractivity contribution is 6.33. The second-order valence-electron chi connectivity index (χ2n) is 7.59. The fraction of sp³-hybridized carbons (Fsp3) is 0.160. The van der Waals surface area contributed by atoms with Gasteiger partial charge in [-0.2, -0.15) is 4.68 Å². The Kier molecular flexibility index (Phi) is 6.12. The Morgan fingerprint density at radius 1 is 1.00 bits per heavy atom. The van der Waals surface area contributed by atoms with Crippen LogP contribution in [-0.4, -0.2) is 46.1 Å². The molecule has 170 valence electrons. The summed E-state index contributed by atoms with van der Waals surface area (Å²) in [4.78, 5) is 21.6. The van der Waals surface area contributed by atoms with Gasteiger partial charge in [0.05, 0.1) is 29.5 Å². The lowest BCUT2D eigenvalue weighted by molar-refractivity contribution is 0.122. The third-order valence-corrected chi connectivity index (χ3v) is 5.68. The first-order chi connectivity index (χ1) is 16.6.